The average molecular weight is 427 g/mol. The molecule has 9 atom stereocenters. The predicted molar refractivity (Wildman–Crippen MR) is 136 cm³/mol. The fourth-order valence-corrected chi connectivity index (χ4v) is 10.6. The van der Waals surface area contributed by atoms with Crippen LogP contribution in [0.1, 0.15) is 132 Å². The van der Waals surface area contributed by atoms with E-state index in [2.05, 4.69) is 55.4 Å². The molecule has 0 N–H and O–H groups in total. The van der Waals surface area contributed by atoms with Gasteiger partial charge in [-0.15, -0.1) is 0 Å². The SMILES string of the molecule is C=C(C)C1([C@]2(C)CCC([C@H](C)CCCC)[C@@]2(C)CC)CC2CC23C[C@@H](C)CC[C@]3(C)C1. The molecule has 0 saturated heterocycles. The normalized spacial score (nSPS) is 52.3. The first-order valence-electron chi connectivity index (χ1n) is 14.1. The molecule has 0 aromatic rings. The molecular weight excluding hydrogens is 372 g/mol. The number of hydrogen-bond donors (Lipinski definition) is 0. The Morgan fingerprint density at radius 3 is 2.35 bits per heavy atom. The van der Waals surface area contributed by atoms with Crippen molar-refractivity contribution in [1.29, 1.82) is 0 Å². The van der Waals surface area contributed by atoms with E-state index in [1.54, 1.807) is 0 Å². The molecule has 4 fully saturated rings. The lowest BCUT2D eigenvalue weighted by molar-refractivity contribution is -0.126. The van der Waals surface area contributed by atoms with Crippen molar-refractivity contribution >= 4 is 0 Å². The molecule has 0 aromatic heterocycles. The number of rotatable bonds is 7. The van der Waals surface area contributed by atoms with Crippen molar-refractivity contribution in [1.82, 2.24) is 0 Å². The molecular formula is C31H54. The first kappa shape index (κ1) is 23.9. The van der Waals surface area contributed by atoms with Crippen molar-refractivity contribution in [2.45, 2.75) is 132 Å². The molecule has 4 rings (SSSR count). The van der Waals surface area contributed by atoms with Crippen molar-refractivity contribution in [2.24, 2.45) is 50.7 Å². The smallest absolute Gasteiger partial charge is 0.00263 e. The van der Waals surface area contributed by atoms with Crippen molar-refractivity contribution in [2.75, 3.05) is 0 Å². The highest BCUT2D eigenvalue weighted by molar-refractivity contribution is 5.30. The Morgan fingerprint density at radius 2 is 1.74 bits per heavy atom. The first-order valence-corrected chi connectivity index (χ1v) is 14.1. The molecule has 4 saturated carbocycles. The summed E-state index contributed by atoms with van der Waals surface area (Å²) in [6, 6.07) is 0. The third kappa shape index (κ3) is 3.04. The summed E-state index contributed by atoms with van der Waals surface area (Å²) < 4.78 is 0. The van der Waals surface area contributed by atoms with Crippen molar-refractivity contribution < 1.29 is 0 Å². The van der Waals surface area contributed by atoms with Crippen molar-refractivity contribution in [3.8, 4) is 0 Å². The third-order valence-corrected chi connectivity index (χ3v) is 13.0. The Hall–Kier alpha value is -0.260. The Labute approximate surface area is 195 Å². The van der Waals surface area contributed by atoms with E-state index in [0.717, 1.165) is 23.7 Å². The van der Waals surface area contributed by atoms with E-state index in [1.165, 1.54) is 82.6 Å². The second-order valence-corrected chi connectivity index (χ2v) is 14.1. The molecule has 0 nitrogen and oxygen atoms in total. The van der Waals surface area contributed by atoms with E-state index < -0.39 is 0 Å². The molecule has 178 valence electrons. The monoisotopic (exact) mass is 426 g/mol. The fraction of sp³-hybridized carbons (Fsp3) is 0.935. The van der Waals surface area contributed by atoms with Crippen LogP contribution < -0.4 is 0 Å². The molecule has 4 aliphatic rings. The number of unbranched alkanes of at least 4 members (excludes halogenated alkanes) is 1. The van der Waals surface area contributed by atoms with Gasteiger partial charge >= 0.3 is 0 Å². The largest absolute Gasteiger partial charge is 0.0996 e. The Kier molecular flexibility index (Phi) is 5.88. The van der Waals surface area contributed by atoms with E-state index in [-0.39, 0.29) is 0 Å². The minimum absolute atomic E-state index is 0.344. The van der Waals surface area contributed by atoms with Gasteiger partial charge < -0.3 is 0 Å². The zero-order valence-corrected chi connectivity index (χ0v) is 22.5. The highest BCUT2D eigenvalue weighted by Crippen LogP contribution is 2.83. The van der Waals surface area contributed by atoms with Gasteiger partial charge in [-0.3, -0.25) is 0 Å². The summed E-state index contributed by atoms with van der Waals surface area (Å²) in [5.41, 5.74) is 3.95. The Bertz CT molecular complexity index is 705. The van der Waals surface area contributed by atoms with Crippen LogP contribution in [0.4, 0.5) is 0 Å². The highest BCUT2D eigenvalue weighted by Gasteiger charge is 2.75. The molecule has 0 aliphatic heterocycles. The van der Waals surface area contributed by atoms with Gasteiger partial charge in [-0.05, 0) is 109 Å². The summed E-state index contributed by atoms with van der Waals surface area (Å²) in [5.74, 6) is 3.67. The van der Waals surface area contributed by atoms with Crippen LogP contribution in [0, 0.1) is 50.7 Å². The molecule has 0 heterocycles. The predicted octanol–water partition coefficient (Wildman–Crippen LogP) is 9.83. The lowest BCUT2D eigenvalue weighted by Gasteiger charge is -2.64. The quantitative estimate of drug-likeness (QED) is 0.355. The maximum atomic E-state index is 4.79. The summed E-state index contributed by atoms with van der Waals surface area (Å²) in [4.78, 5) is 0. The topological polar surface area (TPSA) is 0 Å². The van der Waals surface area contributed by atoms with E-state index in [0.29, 0.717) is 27.1 Å². The standard InChI is InChI=1S/C31H54/c1-10-12-13-24(6)26-15-17-29(9,28(26,8)11-2)31(22(3)4)20-25-19-30(25)18-23(5)14-16-27(30,7)21-31/h23-26H,3,10-21H2,1-2,4-9H3/t23-,24+,25?,26?,27+,28+,29+,30?,31?/m0/s1. The maximum Gasteiger partial charge on any atom is -0.00263 e. The zero-order valence-electron chi connectivity index (χ0n) is 22.5. The van der Waals surface area contributed by atoms with E-state index in [9.17, 15) is 0 Å². The molecule has 4 unspecified atom stereocenters. The summed E-state index contributed by atoms with van der Waals surface area (Å²) in [7, 11) is 0. The zero-order chi connectivity index (χ0) is 22.9. The van der Waals surface area contributed by atoms with Crippen LogP contribution in [-0.4, -0.2) is 0 Å². The van der Waals surface area contributed by atoms with Crippen LogP contribution >= 0.6 is 0 Å². The van der Waals surface area contributed by atoms with E-state index in [4.69, 9.17) is 6.58 Å². The lowest BCUT2D eigenvalue weighted by Crippen LogP contribution is -2.56. The molecule has 1 spiro atoms. The molecule has 0 bridgehead atoms. The second-order valence-electron chi connectivity index (χ2n) is 14.1. The van der Waals surface area contributed by atoms with Gasteiger partial charge in [-0.1, -0.05) is 86.3 Å². The van der Waals surface area contributed by atoms with E-state index in [1.807, 2.05) is 0 Å². The van der Waals surface area contributed by atoms with Gasteiger partial charge in [0.15, 0.2) is 0 Å². The maximum absolute atomic E-state index is 4.79. The van der Waals surface area contributed by atoms with Gasteiger partial charge in [-0.25, -0.2) is 0 Å². The van der Waals surface area contributed by atoms with Crippen molar-refractivity contribution in [3.63, 3.8) is 0 Å². The van der Waals surface area contributed by atoms with Gasteiger partial charge in [0, 0.05) is 0 Å². The average Bonchev–Trinajstić information content (AvgIpc) is 3.35. The van der Waals surface area contributed by atoms with Crippen LogP contribution in [0.25, 0.3) is 0 Å². The van der Waals surface area contributed by atoms with Crippen LogP contribution in [0.5, 0.6) is 0 Å². The molecule has 31 heavy (non-hydrogen) atoms. The van der Waals surface area contributed by atoms with Crippen molar-refractivity contribution in [3.05, 3.63) is 12.2 Å². The first-order chi connectivity index (χ1) is 14.5. The summed E-state index contributed by atoms with van der Waals surface area (Å²) >= 11 is 0. The molecule has 4 aliphatic carbocycles. The molecule has 0 radical (unpaired) electrons. The van der Waals surface area contributed by atoms with Gasteiger partial charge in [0.05, 0.1) is 0 Å². The molecule has 0 aromatic carbocycles. The van der Waals surface area contributed by atoms with Gasteiger partial charge in [0.1, 0.15) is 0 Å². The van der Waals surface area contributed by atoms with Crippen LogP contribution in [-0.2, 0) is 0 Å². The van der Waals surface area contributed by atoms with E-state index >= 15 is 0 Å². The Balaban J connectivity index is 1.72. The second kappa shape index (κ2) is 7.63. The van der Waals surface area contributed by atoms with Crippen LogP contribution in [0.3, 0.4) is 0 Å². The third-order valence-electron chi connectivity index (χ3n) is 13.0. The summed E-state index contributed by atoms with van der Waals surface area (Å²) in [6.07, 6.45) is 17.2. The van der Waals surface area contributed by atoms with Gasteiger partial charge in [-0.2, -0.15) is 0 Å². The minimum Gasteiger partial charge on any atom is -0.0996 e. The van der Waals surface area contributed by atoms with Gasteiger partial charge in [0.2, 0.25) is 0 Å². The fourth-order valence-electron chi connectivity index (χ4n) is 10.6. The minimum atomic E-state index is 0.344. The molecule has 0 amide bonds. The Morgan fingerprint density at radius 1 is 1.03 bits per heavy atom. The highest BCUT2D eigenvalue weighted by atomic mass is 14.8. The number of allylic oxidation sites excluding steroid dienone is 1. The summed E-state index contributed by atoms with van der Waals surface area (Å²) in [6.45, 7) is 25.4. The summed E-state index contributed by atoms with van der Waals surface area (Å²) in [5, 5.41) is 0. The van der Waals surface area contributed by atoms with Crippen LogP contribution in [0.15, 0.2) is 12.2 Å². The van der Waals surface area contributed by atoms with Gasteiger partial charge in [0.25, 0.3) is 0 Å². The molecule has 0 heteroatoms. The van der Waals surface area contributed by atoms with Crippen LogP contribution in [0.2, 0.25) is 0 Å². The lowest BCUT2D eigenvalue weighted by atomic mass is 9.40. The number of hydrogen-bond acceptors (Lipinski definition) is 0.